The van der Waals surface area contributed by atoms with Gasteiger partial charge in [0, 0.05) is 12.5 Å². The summed E-state index contributed by atoms with van der Waals surface area (Å²) in [5.74, 6) is 0.991. The van der Waals surface area contributed by atoms with Crippen LogP contribution in [0.25, 0.3) is 0 Å². The standard InChI is InChI=1S/C28H49ClO3/c29-23-17-13-9-5-1-3-7-11-15-19-25-21-22-26(28(32)27(25)31)20-16-12-8-4-2-6-10-14-18-24-30/h21-22,30-32H,1-20,23-24H2. The number of aryl methyl sites for hydroxylation is 2. The normalized spacial score (nSPS) is 11.3. The Morgan fingerprint density at radius 2 is 0.781 bits per heavy atom. The summed E-state index contributed by atoms with van der Waals surface area (Å²) >= 11 is 5.70. The fourth-order valence-electron chi connectivity index (χ4n) is 4.38. The van der Waals surface area contributed by atoms with Gasteiger partial charge in [-0.05, 0) is 49.7 Å². The molecule has 32 heavy (non-hydrogen) atoms. The van der Waals surface area contributed by atoms with Gasteiger partial charge in [-0.1, -0.05) is 102 Å². The Hall–Kier alpha value is -0.930. The second kappa shape index (κ2) is 20.7. The van der Waals surface area contributed by atoms with E-state index in [2.05, 4.69) is 0 Å². The first-order valence-electron chi connectivity index (χ1n) is 13.4. The minimum Gasteiger partial charge on any atom is -0.504 e. The zero-order valence-electron chi connectivity index (χ0n) is 20.4. The van der Waals surface area contributed by atoms with E-state index in [-0.39, 0.29) is 11.5 Å². The minimum atomic E-state index is 0.100. The maximum Gasteiger partial charge on any atom is 0.160 e. The van der Waals surface area contributed by atoms with Gasteiger partial charge in [-0.3, -0.25) is 0 Å². The van der Waals surface area contributed by atoms with Gasteiger partial charge in [0.25, 0.3) is 0 Å². The van der Waals surface area contributed by atoms with Crippen molar-refractivity contribution < 1.29 is 15.3 Å². The first-order chi connectivity index (χ1) is 15.7. The average molecular weight is 469 g/mol. The molecule has 0 heterocycles. The molecule has 0 aliphatic carbocycles. The molecule has 0 bridgehead atoms. The molecule has 0 spiro atoms. The number of alkyl halides is 1. The van der Waals surface area contributed by atoms with Crippen LogP contribution >= 0.6 is 11.6 Å². The molecular weight excluding hydrogens is 420 g/mol. The predicted octanol–water partition coefficient (Wildman–Crippen LogP) is 8.44. The van der Waals surface area contributed by atoms with Crippen LogP contribution < -0.4 is 0 Å². The molecule has 186 valence electrons. The predicted molar refractivity (Wildman–Crippen MR) is 138 cm³/mol. The van der Waals surface area contributed by atoms with E-state index in [0.717, 1.165) is 62.0 Å². The van der Waals surface area contributed by atoms with Crippen molar-refractivity contribution in [1.82, 2.24) is 0 Å². The zero-order chi connectivity index (χ0) is 23.3. The Bertz CT molecular complexity index is 513. The molecule has 0 radical (unpaired) electrons. The fraction of sp³-hybridized carbons (Fsp3) is 0.786. The third-order valence-electron chi connectivity index (χ3n) is 6.50. The van der Waals surface area contributed by atoms with E-state index < -0.39 is 0 Å². The van der Waals surface area contributed by atoms with Crippen LogP contribution in [0.3, 0.4) is 0 Å². The van der Waals surface area contributed by atoms with Crippen LogP contribution in [0.5, 0.6) is 11.5 Å². The number of phenols is 2. The molecule has 1 rings (SSSR count). The number of aromatic hydroxyl groups is 2. The molecule has 0 amide bonds. The first-order valence-corrected chi connectivity index (χ1v) is 13.9. The van der Waals surface area contributed by atoms with Crippen molar-refractivity contribution in [3.8, 4) is 11.5 Å². The van der Waals surface area contributed by atoms with Gasteiger partial charge in [-0.15, -0.1) is 11.6 Å². The third-order valence-corrected chi connectivity index (χ3v) is 6.77. The van der Waals surface area contributed by atoms with E-state index in [4.69, 9.17) is 16.7 Å². The van der Waals surface area contributed by atoms with Crippen LogP contribution in [-0.4, -0.2) is 27.8 Å². The lowest BCUT2D eigenvalue weighted by Gasteiger charge is -2.11. The molecule has 0 unspecified atom stereocenters. The van der Waals surface area contributed by atoms with Gasteiger partial charge in [-0.2, -0.15) is 0 Å². The van der Waals surface area contributed by atoms with Crippen LogP contribution in [0.2, 0.25) is 0 Å². The number of unbranched alkanes of at least 4 members (excludes halogenated alkanes) is 16. The summed E-state index contributed by atoms with van der Waals surface area (Å²) in [7, 11) is 0. The minimum absolute atomic E-state index is 0.100. The fourth-order valence-corrected chi connectivity index (χ4v) is 4.57. The number of benzene rings is 1. The topological polar surface area (TPSA) is 60.7 Å². The van der Waals surface area contributed by atoms with Crippen LogP contribution in [0.15, 0.2) is 12.1 Å². The number of halogens is 1. The van der Waals surface area contributed by atoms with Crippen molar-refractivity contribution in [3.05, 3.63) is 23.3 Å². The van der Waals surface area contributed by atoms with Crippen molar-refractivity contribution in [2.24, 2.45) is 0 Å². The molecule has 0 saturated carbocycles. The summed E-state index contributed by atoms with van der Waals surface area (Å²) in [6.45, 7) is 0.319. The molecule has 3 N–H and O–H groups in total. The van der Waals surface area contributed by atoms with E-state index in [1.54, 1.807) is 0 Å². The van der Waals surface area contributed by atoms with E-state index in [1.807, 2.05) is 12.1 Å². The Kier molecular flexibility index (Phi) is 18.8. The van der Waals surface area contributed by atoms with E-state index in [0.29, 0.717) is 6.61 Å². The van der Waals surface area contributed by atoms with Gasteiger partial charge in [0.2, 0.25) is 0 Å². The van der Waals surface area contributed by atoms with Gasteiger partial charge in [-0.25, -0.2) is 0 Å². The summed E-state index contributed by atoms with van der Waals surface area (Å²) in [5.41, 5.74) is 1.76. The molecule has 0 aliphatic rings. The largest absolute Gasteiger partial charge is 0.504 e. The smallest absolute Gasteiger partial charge is 0.160 e. The van der Waals surface area contributed by atoms with Gasteiger partial charge < -0.3 is 15.3 Å². The highest BCUT2D eigenvalue weighted by Crippen LogP contribution is 2.34. The first kappa shape index (κ1) is 29.1. The van der Waals surface area contributed by atoms with Crippen molar-refractivity contribution in [1.29, 1.82) is 0 Å². The second-order valence-electron chi connectivity index (χ2n) is 9.36. The lowest BCUT2D eigenvalue weighted by molar-refractivity contribution is 0.282. The van der Waals surface area contributed by atoms with Gasteiger partial charge in [0.1, 0.15) is 0 Å². The number of aliphatic hydroxyl groups excluding tert-OH is 1. The van der Waals surface area contributed by atoms with E-state index >= 15 is 0 Å². The highest BCUT2D eigenvalue weighted by Gasteiger charge is 2.11. The molecule has 0 aliphatic heterocycles. The summed E-state index contributed by atoms with van der Waals surface area (Å²) in [6, 6.07) is 4.01. The van der Waals surface area contributed by atoms with Crippen molar-refractivity contribution in [3.63, 3.8) is 0 Å². The molecule has 1 aromatic carbocycles. The van der Waals surface area contributed by atoms with Crippen molar-refractivity contribution in [2.75, 3.05) is 12.5 Å². The van der Waals surface area contributed by atoms with Crippen molar-refractivity contribution in [2.45, 2.75) is 128 Å². The number of aliphatic hydroxyl groups is 1. The number of rotatable bonds is 22. The Morgan fingerprint density at radius 3 is 1.12 bits per heavy atom. The Morgan fingerprint density at radius 1 is 0.469 bits per heavy atom. The van der Waals surface area contributed by atoms with Crippen molar-refractivity contribution >= 4 is 11.6 Å². The Balaban J connectivity index is 2.11. The number of hydrogen-bond donors (Lipinski definition) is 3. The highest BCUT2D eigenvalue weighted by atomic mass is 35.5. The summed E-state index contributed by atoms with van der Waals surface area (Å²) in [5, 5.41) is 29.6. The summed E-state index contributed by atoms with van der Waals surface area (Å²) in [6.07, 6.45) is 23.4. The third kappa shape index (κ3) is 14.3. The molecule has 0 atom stereocenters. The zero-order valence-corrected chi connectivity index (χ0v) is 21.2. The molecule has 4 heteroatoms. The molecule has 1 aromatic rings. The van der Waals surface area contributed by atoms with Crippen LogP contribution in [-0.2, 0) is 12.8 Å². The molecular formula is C28H49ClO3. The number of hydrogen-bond acceptors (Lipinski definition) is 3. The van der Waals surface area contributed by atoms with E-state index in [9.17, 15) is 10.2 Å². The summed E-state index contributed by atoms with van der Waals surface area (Å²) < 4.78 is 0. The maximum atomic E-state index is 10.4. The van der Waals surface area contributed by atoms with E-state index in [1.165, 1.54) is 83.5 Å². The van der Waals surface area contributed by atoms with Crippen LogP contribution in [0.1, 0.15) is 127 Å². The quantitative estimate of drug-likeness (QED) is 0.0908. The number of phenolic OH excluding ortho intramolecular Hbond substituents is 2. The molecule has 0 fully saturated rings. The molecule has 3 nitrogen and oxygen atoms in total. The maximum absolute atomic E-state index is 10.4. The summed E-state index contributed by atoms with van der Waals surface area (Å²) in [4.78, 5) is 0. The Labute approximate surface area is 202 Å². The average Bonchev–Trinajstić information content (AvgIpc) is 2.80. The van der Waals surface area contributed by atoms with Crippen LogP contribution in [0.4, 0.5) is 0 Å². The van der Waals surface area contributed by atoms with Gasteiger partial charge in [0.15, 0.2) is 11.5 Å². The lowest BCUT2D eigenvalue weighted by Crippen LogP contribution is -1.93. The van der Waals surface area contributed by atoms with Gasteiger partial charge >= 0.3 is 0 Å². The SMILES string of the molecule is OCCCCCCCCCCCc1ccc(CCCCCCCCCCCCl)c(O)c1O. The second-order valence-corrected chi connectivity index (χ2v) is 9.74. The van der Waals surface area contributed by atoms with Crippen LogP contribution in [0, 0.1) is 0 Å². The monoisotopic (exact) mass is 468 g/mol. The molecule has 0 aromatic heterocycles. The highest BCUT2D eigenvalue weighted by molar-refractivity contribution is 6.17. The van der Waals surface area contributed by atoms with Gasteiger partial charge in [0.05, 0.1) is 0 Å². The lowest BCUT2D eigenvalue weighted by atomic mass is 9.98. The molecule has 0 saturated heterocycles.